The van der Waals surface area contributed by atoms with Gasteiger partial charge in [0.15, 0.2) is 5.78 Å². The molecule has 0 amide bonds. The van der Waals surface area contributed by atoms with E-state index in [1.165, 1.54) is 11.1 Å². The molecule has 0 unspecified atom stereocenters. The summed E-state index contributed by atoms with van der Waals surface area (Å²) in [6, 6.07) is 16.5. The molecule has 2 aromatic heterocycles. The monoisotopic (exact) mass is 373 g/mol. The van der Waals surface area contributed by atoms with Crippen molar-refractivity contribution < 1.29 is 4.79 Å². The zero-order chi connectivity index (χ0) is 18.5. The third-order valence-corrected chi connectivity index (χ3v) is 6.41. The molecule has 4 aromatic rings. The van der Waals surface area contributed by atoms with Gasteiger partial charge < -0.3 is 0 Å². The van der Waals surface area contributed by atoms with Crippen molar-refractivity contribution in [2.24, 2.45) is 0 Å². The molecule has 0 bridgehead atoms. The molecule has 2 aromatic carbocycles. The highest BCUT2D eigenvalue weighted by Gasteiger charge is 2.33. The number of aromatic nitrogens is 3. The van der Waals surface area contributed by atoms with Gasteiger partial charge >= 0.3 is 0 Å². The molecule has 0 saturated heterocycles. The minimum Gasteiger partial charge on any atom is -0.294 e. The van der Waals surface area contributed by atoms with Gasteiger partial charge in [0, 0.05) is 6.42 Å². The average Bonchev–Trinajstić information content (AvgIpc) is 3.23. The predicted octanol–water partition coefficient (Wildman–Crippen LogP) is 5.01. The first-order valence-electron chi connectivity index (χ1n) is 9.15. The fourth-order valence-corrected chi connectivity index (χ4v) is 5.07. The van der Waals surface area contributed by atoms with Gasteiger partial charge in [-0.05, 0) is 49.4 Å². The molecule has 27 heavy (non-hydrogen) atoms. The molecule has 4 nitrogen and oxygen atoms in total. The number of hydrogen-bond acceptors (Lipinski definition) is 4. The van der Waals surface area contributed by atoms with Crippen molar-refractivity contribution in [2.45, 2.75) is 32.6 Å². The zero-order valence-electron chi connectivity index (χ0n) is 15.3. The SMILES string of the molecule is Cc1ccccc1[C@H]1CC(=O)c2c(C)nn(-c3nc4ccccc4s3)c2C1. The van der Waals surface area contributed by atoms with Crippen molar-refractivity contribution in [1.82, 2.24) is 14.8 Å². The fourth-order valence-electron chi connectivity index (χ4n) is 4.13. The number of carbonyl (C=O) groups is 1. The van der Waals surface area contributed by atoms with E-state index in [0.29, 0.717) is 6.42 Å². The summed E-state index contributed by atoms with van der Waals surface area (Å²) in [4.78, 5) is 17.7. The minimum atomic E-state index is 0.189. The number of para-hydroxylation sites is 1. The molecule has 0 saturated carbocycles. The molecule has 1 aliphatic carbocycles. The highest BCUT2D eigenvalue weighted by Crippen LogP contribution is 2.37. The van der Waals surface area contributed by atoms with Gasteiger partial charge in [-0.1, -0.05) is 47.7 Å². The van der Waals surface area contributed by atoms with Gasteiger partial charge in [-0.25, -0.2) is 9.67 Å². The molecular formula is C22H19N3OS. The first kappa shape index (κ1) is 16.4. The van der Waals surface area contributed by atoms with E-state index >= 15 is 0 Å². The van der Waals surface area contributed by atoms with Crippen LogP contribution >= 0.6 is 11.3 Å². The Kier molecular flexibility index (Phi) is 3.72. The van der Waals surface area contributed by atoms with E-state index in [2.05, 4.69) is 31.2 Å². The second-order valence-electron chi connectivity index (χ2n) is 7.17. The van der Waals surface area contributed by atoms with Crippen LogP contribution in [0.15, 0.2) is 48.5 Å². The minimum absolute atomic E-state index is 0.189. The molecule has 0 spiro atoms. The van der Waals surface area contributed by atoms with Gasteiger partial charge in [0.05, 0.1) is 27.2 Å². The number of benzene rings is 2. The Morgan fingerprint density at radius 2 is 1.81 bits per heavy atom. The first-order chi connectivity index (χ1) is 13.1. The van der Waals surface area contributed by atoms with Gasteiger partial charge in [-0.2, -0.15) is 5.10 Å². The van der Waals surface area contributed by atoms with Gasteiger partial charge in [-0.15, -0.1) is 0 Å². The summed E-state index contributed by atoms with van der Waals surface area (Å²) in [5, 5.41) is 5.53. The highest BCUT2D eigenvalue weighted by molar-refractivity contribution is 7.20. The lowest BCUT2D eigenvalue weighted by atomic mass is 9.80. The van der Waals surface area contributed by atoms with Crippen molar-refractivity contribution in [3.8, 4) is 5.13 Å². The van der Waals surface area contributed by atoms with Crippen molar-refractivity contribution in [3.63, 3.8) is 0 Å². The lowest BCUT2D eigenvalue weighted by molar-refractivity contribution is 0.0963. The first-order valence-corrected chi connectivity index (χ1v) is 9.96. The van der Waals surface area contributed by atoms with E-state index in [9.17, 15) is 4.79 Å². The maximum atomic E-state index is 12.9. The van der Waals surface area contributed by atoms with Gasteiger partial charge in [0.2, 0.25) is 5.13 Å². The normalized spacial score (nSPS) is 16.7. The lowest BCUT2D eigenvalue weighted by Gasteiger charge is -2.24. The molecular weight excluding hydrogens is 354 g/mol. The van der Waals surface area contributed by atoms with Crippen LogP contribution in [0.3, 0.4) is 0 Å². The van der Waals surface area contributed by atoms with E-state index in [-0.39, 0.29) is 11.7 Å². The van der Waals surface area contributed by atoms with Crippen molar-refractivity contribution in [3.05, 3.63) is 76.6 Å². The molecule has 0 N–H and O–H groups in total. The molecule has 5 heteroatoms. The summed E-state index contributed by atoms with van der Waals surface area (Å²) in [5.41, 5.74) is 6.05. The Hall–Kier alpha value is -2.79. The quantitative estimate of drug-likeness (QED) is 0.496. The number of Topliss-reactive ketones (excluding diaryl/α,β-unsaturated/α-hetero) is 1. The highest BCUT2D eigenvalue weighted by atomic mass is 32.1. The van der Waals surface area contributed by atoms with Crippen LogP contribution in [0.5, 0.6) is 0 Å². The van der Waals surface area contributed by atoms with E-state index in [1.54, 1.807) is 11.3 Å². The molecule has 2 heterocycles. The average molecular weight is 373 g/mol. The number of thiazole rings is 1. The van der Waals surface area contributed by atoms with Gasteiger partial charge in [0.25, 0.3) is 0 Å². The van der Waals surface area contributed by atoms with Crippen molar-refractivity contribution in [2.75, 3.05) is 0 Å². The number of fused-ring (bicyclic) bond motifs is 2. The third kappa shape index (κ3) is 2.61. The third-order valence-electron chi connectivity index (χ3n) is 5.40. The number of nitrogens with zero attached hydrogens (tertiary/aromatic N) is 3. The molecule has 134 valence electrons. The van der Waals surface area contributed by atoms with Crippen LogP contribution in [0, 0.1) is 13.8 Å². The summed E-state index contributed by atoms with van der Waals surface area (Å²) >= 11 is 1.62. The number of rotatable bonds is 2. The van der Waals surface area contributed by atoms with E-state index in [4.69, 9.17) is 10.1 Å². The van der Waals surface area contributed by atoms with Crippen molar-refractivity contribution in [1.29, 1.82) is 0 Å². The van der Waals surface area contributed by atoms with E-state index in [1.807, 2.05) is 35.9 Å². The molecule has 5 rings (SSSR count). The summed E-state index contributed by atoms with van der Waals surface area (Å²) < 4.78 is 3.03. The Bertz CT molecular complexity index is 1150. The van der Waals surface area contributed by atoms with Crippen LogP contribution in [0.25, 0.3) is 15.3 Å². The number of hydrogen-bond donors (Lipinski definition) is 0. The van der Waals surface area contributed by atoms with Gasteiger partial charge in [-0.3, -0.25) is 4.79 Å². The Morgan fingerprint density at radius 1 is 1.04 bits per heavy atom. The molecule has 0 radical (unpaired) electrons. The largest absolute Gasteiger partial charge is 0.294 e. The van der Waals surface area contributed by atoms with Crippen molar-refractivity contribution >= 4 is 27.3 Å². The van der Waals surface area contributed by atoms with Gasteiger partial charge in [0.1, 0.15) is 0 Å². The topological polar surface area (TPSA) is 47.8 Å². The standard InChI is InChI=1S/C22H19N3OS/c1-13-7-3-4-8-16(13)15-11-18-21(19(26)12-15)14(2)24-25(18)22-23-17-9-5-6-10-20(17)27-22/h3-10,15H,11-12H2,1-2H3/t15-/m1/s1. The number of aryl methyl sites for hydroxylation is 2. The summed E-state index contributed by atoms with van der Waals surface area (Å²) in [5.74, 6) is 0.379. The Labute approximate surface area is 161 Å². The van der Waals surface area contributed by atoms with Crippen LogP contribution in [0.2, 0.25) is 0 Å². The molecule has 0 fully saturated rings. The lowest BCUT2D eigenvalue weighted by Crippen LogP contribution is -2.21. The van der Waals surface area contributed by atoms with Crippen LogP contribution in [-0.4, -0.2) is 20.5 Å². The summed E-state index contributed by atoms with van der Waals surface area (Å²) in [6.07, 6.45) is 1.35. The molecule has 1 aliphatic rings. The van der Waals surface area contributed by atoms with Crippen LogP contribution < -0.4 is 0 Å². The van der Waals surface area contributed by atoms with Crippen LogP contribution in [0.1, 0.15) is 45.2 Å². The zero-order valence-corrected chi connectivity index (χ0v) is 16.1. The second-order valence-corrected chi connectivity index (χ2v) is 8.18. The van der Waals surface area contributed by atoms with Crippen LogP contribution in [-0.2, 0) is 6.42 Å². The molecule has 1 atom stereocenters. The number of ketones is 1. The number of carbonyl (C=O) groups excluding carboxylic acids is 1. The summed E-state index contributed by atoms with van der Waals surface area (Å²) in [7, 11) is 0. The summed E-state index contributed by atoms with van der Waals surface area (Å²) in [6.45, 7) is 4.04. The molecule has 0 aliphatic heterocycles. The second kappa shape index (κ2) is 6.13. The van der Waals surface area contributed by atoms with Crippen LogP contribution in [0.4, 0.5) is 0 Å². The smallest absolute Gasteiger partial charge is 0.211 e. The Morgan fingerprint density at radius 3 is 2.63 bits per heavy atom. The van der Waals surface area contributed by atoms with E-state index in [0.717, 1.165) is 38.7 Å². The maximum absolute atomic E-state index is 12.9. The Balaban J connectivity index is 1.64. The fraction of sp³-hybridized carbons (Fsp3) is 0.227. The predicted molar refractivity (Wildman–Crippen MR) is 108 cm³/mol. The maximum Gasteiger partial charge on any atom is 0.211 e. The van der Waals surface area contributed by atoms with E-state index < -0.39 is 0 Å².